The second kappa shape index (κ2) is 8.49. The van der Waals surface area contributed by atoms with Crippen LogP contribution in [0.5, 0.6) is 0 Å². The topological polar surface area (TPSA) is 50.2 Å². The van der Waals surface area contributed by atoms with Gasteiger partial charge in [0.1, 0.15) is 5.15 Å². The lowest BCUT2D eigenvalue weighted by molar-refractivity contribution is -0.123. The largest absolute Gasteiger partial charge is 0.355 e. The molecule has 5 nitrogen and oxygen atoms in total. The summed E-state index contributed by atoms with van der Waals surface area (Å²) in [6.07, 6.45) is 8.13. The number of nitrogens with one attached hydrogen (secondary N) is 1. The Morgan fingerprint density at radius 3 is 2.47 bits per heavy atom. The van der Waals surface area contributed by atoms with E-state index in [0.29, 0.717) is 0 Å². The lowest BCUT2D eigenvalue weighted by atomic mass is 9.78. The molecule has 0 bridgehead atoms. The standard InChI is InChI=1S/C26H35ClN4O/c1-19-21(23(27)30(2)29-19)17-31-14-12-25(13-15-31)16-22(25)24(32)28-18-26(10-6-7-11-26)20-8-4-3-5-9-20/h3-5,8-9,22H,6-7,10-18H2,1-2H3,(H,28,32)/t22-/m0/s1. The van der Waals surface area contributed by atoms with Crippen molar-refractivity contribution < 1.29 is 4.79 Å². The third-order valence-electron chi connectivity index (χ3n) is 8.56. The number of likely N-dealkylation sites (tertiary alicyclic amines) is 1. The first kappa shape index (κ1) is 22.0. The van der Waals surface area contributed by atoms with E-state index in [0.717, 1.165) is 61.9 Å². The van der Waals surface area contributed by atoms with Crippen LogP contribution in [0.1, 0.15) is 61.8 Å². The van der Waals surface area contributed by atoms with E-state index in [2.05, 4.69) is 45.6 Å². The normalized spacial score (nSPS) is 24.0. The second-order valence-electron chi connectivity index (χ2n) is 10.4. The van der Waals surface area contributed by atoms with Gasteiger partial charge in [0.15, 0.2) is 0 Å². The number of aryl methyl sites for hydroxylation is 2. The molecule has 0 radical (unpaired) electrons. The maximum absolute atomic E-state index is 13.1. The lowest BCUT2D eigenvalue weighted by Gasteiger charge is -2.33. The number of halogens is 1. The first-order valence-corrected chi connectivity index (χ1v) is 12.5. The summed E-state index contributed by atoms with van der Waals surface area (Å²) in [5.74, 6) is 0.481. The second-order valence-corrected chi connectivity index (χ2v) is 10.8. The minimum atomic E-state index is 0.128. The highest BCUT2D eigenvalue weighted by Crippen LogP contribution is 2.59. The third kappa shape index (κ3) is 3.99. The van der Waals surface area contributed by atoms with Gasteiger partial charge in [-0.2, -0.15) is 5.10 Å². The molecule has 3 fully saturated rings. The number of benzene rings is 1. The first-order chi connectivity index (χ1) is 15.4. The molecule has 2 aromatic rings. The summed E-state index contributed by atoms with van der Waals surface area (Å²) in [7, 11) is 1.89. The van der Waals surface area contributed by atoms with E-state index >= 15 is 0 Å². The van der Waals surface area contributed by atoms with Crippen LogP contribution < -0.4 is 5.32 Å². The number of carbonyl (C=O) groups excluding carboxylic acids is 1. The SMILES string of the molecule is Cc1nn(C)c(Cl)c1CN1CCC2(CC1)C[C@H]2C(=O)NCC1(c2ccccc2)CCCC1. The molecule has 0 unspecified atom stereocenters. The average Bonchev–Trinajstić information content (AvgIpc) is 3.18. The summed E-state index contributed by atoms with van der Waals surface area (Å²) < 4.78 is 1.76. The maximum atomic E-state index is 13.1. The van der Waals surface area contributed by atoms with Crippen molar-refractivity contribution in [2.24, 2.45) is 18.4 Å². The molecule has 32 heavy (non-hydrogen) atoms. The quantitative estimate of drug-likeness (QED) is 0.693. The fraction of sp³-hybridized carbons (Fsp3) is 0.615. The van der Waals surface area contributed by atoms with Gasteiger partial charge in [-0.15, -0.1) is 0 Å². The van der Waals surface area contributed by atoms with Crippen LogP contribution >= 0.6 is 11.6 Å². The Balaban J connectivity index is 1.15. The Hall–Kier alpha value is -1.85. The van der Waals surface area contributed by atoms with Crippen LogP contribution in [0.15, 0.2) is 30.3 Å². The number of amides is 1. The molecule has 1 saturated heterocycles. The molecule has 172 valence electrons. The van der Waals surface area contributed by atoms with Gasteiger partial charge in [-0.1, -0.05) is 54.8 Å². The molecule has 6 heteroatoms. The van der Waals surface area contributed by atoms with Crippen molar-refractivity contribution in [3.8, 4) is 0 Å². The summed E-state index contributed by atoms with van der Waals surface area (Å²) in [6, 6.07) is 10.8. The Morgan fingerprint density at radius 1 is 1.16 bits per heavy atom. The highest BCUT2D eigenvalue weighted by Gasteiger charge is 2.58. The molecule has 2 aliphatic carbocycles. The Kier molecular flexibility index (Phi) is 5.83. The van der Waals surface area contributed by atoms with E-state index in [1.54, 1.807) is 4.68 Å². The number of aromatic nitrogens is 2. The monoisotopic (exact) mass is 454 g/mol. The van der Waals surface area contributed by atoms with Gasteiger partial charge in [0.05, 0.1) is 5.69 Å². The fourth-order valence-corrected chi connectivity index (χ4v) is 6.53. The molecular formula is C26H35ClN4O. The zero-order valence-electron chi connectivity index (χ0n) is 19.4. The van der Waals surface area contributed by atoms with Crippen molar-refractivity contribution >= 4 is 17.5 Å². The fourth-order valence-electron chi connectivity index (χ4n) is 6.30. The van der Waals surface area contributed by atoms with Crippen LogP contribution in [0.4, 0.5) is 0 Å². The smallest absolute Gasteiger partial charge is 0.223 e. The summed E-state index contributed by atoms with van der Waals surface area (Å²) in [6.45, 7) is 5.73. The molecule has 1 spiro atoms. The lowest BCUT2D eigenvalue weighted by Crippen LogP contribution is -2.41. The molecule has 1 aromatic carbocycles. The van der Waals surface area contributed by atoms with Gasteiger partial charge in [-0.05, 0) is 63.1 Å². The van der Waals surface area contributed by atoms with Crippen molar-refractivity contribution in [2.45, 2.75) is 63.8 Å². The highest BCUT2D eigenvalue weighted by atomic mass is 35.5. The summed E-state index contributed by atoms with van der Waals surface area (Å²) in [4.78, 5) is 15.6. The summed E-state index contributed by atoms with van der Waals surface area (Å²) >= 11 is 6.43. The Labute approximate surface area is 196 Å². The van der Waals surface area contributed by atoms with Gasteiger partial charge in [0, 0.05) is 37.0 Å². The molecule has 2 saturated carbocycles. The van der Waals surface area contributed by atoms with Crippen molar-refractivity contribution in [3.63, 3.8) is 0 Å². The number of rotatable bonds is 6. The van der Waals surface area contributed by atoms with E-state index in [4.69, 9.17) is 11.6 Å². The van der Waals surface area contributed by atoms with E-state index in [1.807, 2.05) is 14.0 Å². The number of hydrogen-bond donors (Lipinski definition) is 1. The van der Waals surface area contributed by atoms with Crippen molar-refractivity contribution in [1.29, 1.82) is 0 Å². The van der Waals surface area contributed by atoms with Gasteiger partial charge >= 0.3 is 0 Å². The maximum Gasteiger partial charge on any atom is 0.223 e. The van der Waals surface area contributed by atoms with E-state index in [-0.39, 0.29) is 22.7 Å². The van der Waals surface area contributed by atoms with Crippen LogP contribution in [0, 0.1) is 18.3 Å². The average molecular weight is 455 g/mol. The number of piperidine rings is 1. The van der Waals surface area contributed by atoms with Crippen LogP contribution in [-0.4, -0.2) is 40.2 Å². The highest BCUT2D eigenvalue weighted by molar-refractivity contribution is 6.30. The molecule has 3 aliphatic rings. The van der Waals surface area contributed by atoms with E-state index in [9.17, 15) is 4.79 Å². The van der Waals surface area contributed by atoms with Gasteiger partial charge in [0.2, 0.25) is 5.91 Å². The van der Waals surface area contributed by atoms with E-state index in [1.165, 1.54) is 31.2 Å². The van der Waals surface area contributed by atoms with Crippen molar-refractivity contribution in [1.82, 2.24) is 20.0 Å². The number of hydrogen-bond acceptors (Lipinski definition) is 3. The van der Waals surface area contributed by atoms with Gasteiger partial charge in [0.25, 0.3) is 0 Å². The summed E-state index contributed by atoms with van der Waals surface area (Å²) in [5, 5.41) is 8.56. The predicted octanol–water partition coefficient (Wildman–Crippen LogP) is 4.61. The Morgan fingerprint density at radius 2 is 1.84 bits per heavy atom. The van der Waals surface area contributed by atoms with Crippen LogP contribution in [0.3, 0.4) is 0 Å². The molecule has 1 N–H and O–H groups in total. The van der Waals surface area contributed by atoms with Crippen LogP contribution in [0.25, 0.3) is 0 Å². The molecule has 2 heterocycles. The molecule has 1 amide bonds. The molecule has 1 aromatic heterocycles. The van der Waals surface area contributed by atoms with Gasteiger partial charge in [-0.3, -0.25) is 14.4 Å². The zero-order chi connectivity index (χ0) is 22.3. The zero-order valence-corrected chi connectivity index (χ0v) is 20.1. The number of nitrogens with zero attached hydrogens (tertiary/aromatic N) is 3. The molecule has 1 atom stereocenters. The predicted molar refractivity (Wildman–Crippen MR) is 128 cm³/mol. The molecular weight excluding hydrogens is 420 g/mol. The van der Waals surface area contributed by atoms with Crippen LogP contribution in [0.2, 0.25) is 5.15 Å². The van der Waals surface area contributed by atoms with E-state index < -0.39 is 0 Å². The minimum absolute atomic E-state index is 0.128. The van der Waals surface area contributed by atoms with Gasteiger partial charge < -0.3 is 5.32 Å². The Bertz CT molecular complexity index is 971. The van der Waals surface area contributed by atoms with Gasteiger partial charge in [-0.25, -0.2) is 0 Å². The summed E-state index contributed by atoms with van der Waals surface area (Å²) in [5.41, 5.74) is 3.90. The van der Waals surface area contributed by atoms with Crippen molar-refractivity contribution in [2.75, 3.05) is 19.6 Å². The minimum Gasteiger partial charge on any atom is -0.355 e. The molecule has 5 rings (SSSR count). The third-order valence-corrected chi connectivity index (χ3v) is 9.03. The first-order valence-electron chi connectivity index (χ1n) is 12.2. The van der Waals surface area contributed by atoms with Crippen LogP contribution in [-0.2, 0) is 23.8 Å². The van der Waals surface area contributed by atoms with Crippen molar-refractivity contribution in [3.05, 3.63) is 52.3 Å². The number of carbonyl (C=O) groups is 1. The molecule has 1 aliphatic heterocycles.